The smallest absolute Gasteiger partial charge is 0.0692 e. The molecule has 58 valence electrons. The minimum absolute atomic E-state index is 0. The average molecular weight is 318 g/mol. The summed E-state index contributed by atoms with van der Waals surface area (Å²) in [5.74, 6) is 0. The van der Waals surface area contributed by atoms with Gasteiger partial charge in [-0.15, -0.1) is 17.8 Å². The first-order valence-corrected chi connectivity index (χ1v) is 3.03. The quantitative estimate of drug-likeness (QED) is 0.649. The molecule has 0 saturated heterocycles. The SMILES string of the molecule is Cc1ccc(N[C-]=O)cc1.[W]. The zero-order valence-electron chi connectivity index (χ0n) is 6.13. The van der Waals surface area contributed by atoms with Crippen LogP contribution in [-0.4, -0.2) is 6.41 Å². The van der Waals surface area contributed by atoms with E-state index in [0.29, 0.717) is 0 Å². The van der Waals surface area contributed by atoms with Crippen molar-refractivity contribution in [3.63, 3.8) is 0 Å². The van der Waals surface area contributed by atoms with Gasteiger partial charge in [0.15, 0.2) is 0 Å². The summed E-state index contributed by atoms with van der Waals surface area (Å²) in [4.78, 5) is 9.82. The topological polar surface area (TPSA) is 29.1 Å². The molecule has 0 fully saturated rings. The van der Waals surface area contributed by atoms with Gasteiger partial charge in [0.05, 0.1) is 6.41 Å². The van der Waals surface area contributed by atoms with Gasteiger partial charge >= 0.3 is 0 Å². The van der Waals surface area contributed by atoms with Crippen molar-refractivity contribution in [1.82, 2.24) is 0 Å². The van der Waals surface area contributed by atoms with E-state index in [4.69, 9.17) is 0 Å². The number of hydrogen-bond acceptors (Lipinski definition) is 1. The van der Waals surface area contributed by atoms with Gasteiger partial charge in [0.2, 0.25) is 0 Å². The van der Waals surface area contributed by atoms with Crippen LogP contribution < -0.4 is 5.32 Å². The fourth-order valence-corrected chi connectivity index (χ4v) is 0.696. The molecule has 1 rings (SSSR count). The molecule has 1 amide bonds. The Morgan fingerprint density at radius 1 is 1.27 bits per heavy atom. The van der Waals surface area contributed by atoms with E-state index in [9.17, 15) is 4.79 Å². The van der Waals surface area contributed by atoms with Crippen LogP contribution in [0.15, 0.2) is 24.3 Å². The van der Waals surface area contributed by atoms with Crippen LogP contribution in [0.1, 0.15) is 5.56 Å². The Labute approximate surface area is 80.3 Å². The van der Waals surface area contributed by atoms with Crippen molar-refractivity contribution in [3.05, 3.63) is 29.8 Å². The van der Waals surface area contributed by atoms with Gasteiger partial charge in [0, 0.05) is 21.1 Å². The van der Waals surface area contributed by atoms with Gasteiger partial charge in [0.1, 0.15) is 0 Å². The maximum Gasteiger partial charge on any atom is 0.0692 e. The van der Waals surface area contributed by atoms with Crippen molar-refractivity contribution in [1.29, 1.82) is 0 Å². The van der Waals surface area contributed by atoms with E-state index in [2.05, 4.69) is 5.32 Å². The summed E-state index contributed by atoms with van der Waals surface area (Å²) >= 11 is 0. The molecule has 0 atom stereocenters. The van der Waals surface area contributed by atoms with Crippen LogP contribution >= 0.6 is 0 Å². The Morgan fingerprint density at radius 3 is 2.27 bits per heavy atom. The molecule has 0 aromatic heterocycles. The molecule has 0 spiro atoms. The van der Waals surface area contributed by atoms with Crippen molar-refractivity contribution in [3.8, 4) is 0 Å². The van der Waals surface area contributed by atoms with Gasteiger partial charge in [-0.25, -0.2) is 0 Å². The maximum atomic E-state index is 9.82. The zero-order valence-corrected chi connectivity index (χ0v) is 9.06. The first kappa shape index (κ1) is 10.4. The van der Waals surface area contributed by atoms with Crippen LogP contribution in [0.25, 0.3) is 0 Å². The molecular formula is C8H8NOW-. The summed E-state index contributed by atoms with van der Waals surface area (Å²) < 4.78 is 0. The third-order valence-corrected chi connectivity index (χ3v) is 1.25. The summed E-state index contributed by atoms with van der Waals surface area (Å²) in [5.41, 5.74) is 1.96. The molecule has 1 aromatic carbocycles. The second kappa shape index (κ2) is 5.08. The number of rotatable bonds is 2. The Balaban J connectivity index is 0.000001000. The Bertz CT molecular complexity index is 220. The van der Waals surface area contributed by atoms with Gasteiger partial charge in [0.25, 0.3) is 0 Å². The molecule has 0 unspecified atom stereocenters. The number of anilines is 1. The van der Waals surface area contributed by atoms with Crippen LogP contribution in [0.3, 0.4) is 0 Å². The molecule has 0 bridgehead atoms. The molecule has 3 heteroatoms. The van der Waals surface area contributed by atoms with Gasteiger partial charge in [-0.3, -0.25) is 0 Å². The van der Waals surface area contributed by atoms with Crippen molar-refractivity contribution in [2.45, 2.75) is 6.92 Å². The van der Waals surface area contributed by atoms with Crippen LogP contribution in [0.2, 0.25) is 0 Å². The molecule has 1 aromatic rings. The second-order valence-electron chi connectivity index (χ2n) is 2.09. The van der Waals surface area contributed by atoms with E-state index in [1.165, 1.54) is 5.56 Å². The van der Waals surface area contributed by atoms with E-state index in [1.807, 2.05) is 31.2 Å². The number of nitrogens with one attached hydrogen (secondary N) is 1. The molecule has 1 N–H and O–H groups in total. The van der Waals surface area contributed by atoms with Crippen LogP contribution in [0.4, 0.5) is 5.69 Å². The maximum absolute atomic E-state index is 9.82. The van der Waals surface area contributed by atoms with Crippen molar-refractivity contribution in [2.24, 2.45) is 0 Å². The van der Waals surface area contributed by atoms with E-state index >= 15 is 0 Å². The number of amides is 1. The first-order chi connectivity index (χ1) is 4.83. The first-order valence-electron chi connectivity index (χ1n) is 3.03. The summed E-state index contributed by atoms with van der Waals surface area (Å²) in [5, 5.41) is 2.43. The molecular weight excluding hydrogens is 310 g/mol. The minimum Gasteiger partial charge on any atom is -0.490 e. The zero-order chi connectivity index (χ0) is 7.40. The standard InChI is InChI=1S/C8H8NO.W/c1-7-2-4-8(5-3-7)9-6-10;/h2-5H,1H3,(H,9,10);/q-1;. The van der Waals surface area contributed by atoms with Crippen LogP contribution in [-0.2, 0) is 25.9 Å². The third kappa shape index (κ3) is 3.33. The van der Waals surface area contributed by atoms with Crippen molar-refractivity contribution >= 4 is 12.1 Å². The normalized spacial score (nSPS) is 8.09. The van der Waals surface area contributed by atoms with Crippen LogP contribution in [0, 0.1) is 6.92 Å². The molecule has 0 saturated carbocycles. The predicted octanol–water partition coefficient (Wildman–Crippen LogP) is 1.47. The van der Waals surface area contributed by atoms with Gasteiger partial charge in [-0.2, -0.15) is 0 Å². The number of carbonyl (C=O) groups excluding carboxylic acids is 1. The second-order valence-corrected chi connectivity index (χ2v) is 2.09. The largest absolute Gasteiger partial charge is 0.490 e. The summed E-state index contributed by atoms with van der Waals surface area (Å²) in [6.07, 6.45) is 1.60. The summed E-state index contributed by atoms with van der Waals surface area (Å²) in [6.45, 7) is 1.99. The predicted molar refractivity (Wildman–Crippen MR) is 40.5 cm³/mol. The fourth-order valence-electron chi connectivity index (χ4n) is 0.696. The van der Waals surface area contributed by atoms with Crippen LogP contribution in [0.5, 0.6) is 0 Å². The fraction of sp³-hybridized carbons (Fsp3) is 0.125. The molecule has 0 radical (unpaired) electrons. The number of hydrogen-bond donors (Lipinski definition) is 1. The molecule has 0 aliphatic rings. The van der Waals surface area contributed by atoms with Gasteiger partial charge in [-0.1, -0.05) is 17.7 Å². The van der Waals surface area contributed by atoms with E-state index in [0.717, 1.165) is 5.69 Å². The Hall–Kier alpha value is -0.622. The summed E-state index contributed by atoms with van der Waals surface area (Å²) in [6, 6.07) is 7.53. The van der Waals surface area contributed by atoms with E-state index in [-0.39, 0.29) is 21.1 Å². The molecule has 2 nitrogen and oxygen atoms in total. The third-order valence-electron chi connectivity index (χ3n) is 1.25. The van der Waals surface area contributed by atoms with Gasteiger partial charge in [-0.05, 0) is 6.92 Å². The number of benzene rings is 1. The van der Waals surface area contributed by atoms with Crippen molar-refractivity contribution in [2.75, 3.05) is 5.32 Å². The molecule has 0 aliphatic heterocycles. The van der Waals surface area contributed by atoms with E-state index in [1.54, 1.807) is 6.41 Å². The van der Waals surface area contributed by atoms with E-state index < -0.39 is 0 Å². The minimum atomic E-state index is 0. The Kier molecular flexibility index (Phi) is 4.80. The summed E-state index contributed by atoms with van der Waals surface area (Å²) in [7, 11) is 0. The average Bonchev–Trinajstić information content (AvgIpc) is 1.95. The van der Waals surface area contributed by atoms with Gasteiger partial charge < -0.3 is 10.1 Å². The Morgan fingerprint density at radius 2 is 1.82 bits per heavy atom. The number of aryl methyl sites for hydroxylation is 1. The monoisotopic (exact) mass is 318 g/mol. The van der Waals surface area contributed by atoms with Crippen molar-refractivity contribution < 1.29 is 25.9 Å². The molecule has 0 heterocycles. The molecule has 11 heavy (non-hydrogen) atoms. The molecule has 0 aliphatic carbocycles.